The first kappa shape index (κ1) is 17.9. The summed E-state index contributed by atoms with van der Waals surface area (Å²) in [4.78, 5) is 2.51. The number of benzene rings is 2. The molecule has 0 N–H and O–H groups in total. The lowest BCUT2D eigenvalue weighted by atomic mass is 9.98. The molecule has 1 saturated heterocycles. The molecular formula is C20H21N3O3S. The SMILES string of the molecule is Cc1ccc(S(C)(=O)=O)cc1-c1ccc2c(N3CCOCC3)nncc2c1. The summed E-state index contributed by atoms with van der Waals surface area (Å²) in [5.74, 6) is 0.865. The molecule has 0 spiro atoms. The third kappa shape index (κ3) is 3.52. The van der Waals surface area contributed by atoms with Crippen molar-refractivity contribution in [1.82, 2.24) is 10.2 Å². The number of aryl methyl sites for hydroxylation is 1. The molecule has 0 atom stereocenters. The van der Waals surface area contributed by atoms with Gasteiger partial charge in [-0.05, 0) is 47.9 Å². The van der Waals surface area contributed by atoms with Gasteiger partial charge in [0.1, 0.15) is 0 Å². The number of hydrogen-bond donors (Lipinski definition) is 0. The summed E-state index contributed by atoms with van der Waals surface area (Å²) in [6, 6.07) is 11.3. The van der Waals surface area contributed by atoms with Crippen molar-refractivity contribution in [3.8, 4) is 11.1 Å². The zero-order valence-corrected chi connectivity index (χ0v) is 16.2. The minimum Gasteiger partial charge on any atom is -0.378 e. The van der Waals surface area contributed by atoms with Crippen LogP contribution in [0.2, 0.25) is 0 Å². The molecule has 0 unspecified atom stereocenters. The second-order valence-corrected chi connectivity index (χ2v) is 8.83. The third-order valence-electron chi connectivity index (χ3n) is 4.90. The second kappa shape index (κ2) is 6.90. The summed E-state index contributed by atoms with van der Waals surface area (Å²) in [5, 5.41) is 10.5. The van der Waals surface area contributed by atoms with E-state index in [4.69, 9.17) is 4.74 Å². The van der Waals surface area contributed by atoms with E-state index in [1.807, 2.05) is 31.2 Å². The van der Waals surface area contributed by atoms with Crippen LogP contribution in [-0.4, -0.2) is 51.2 Å². The standard InChI is InChI=1S/C20H21N3O3S/c1-14-3-5-17(27(2,24)25)12-19(14)15-4-6-18-16(11-15)13-21-22-20(18)23-7-9-26-10-8-23/h3-6,11-13H,7-10H2,1-2H3. The smallest absolute Gasteiger partial charge is 0.175 e. The van der Waals surface area contributed by atoms with Crippen molar-refractivity contribution in [1.29, 1.82) is 0 Å². The number of fused-ring (bicyclic) bond motifs is 1. The molecule has 3 aromatic rings. The Balaban J connectivity index is 1.81. The topological polar surface area (TPSA) is 72.4 Å². The lowest BCUT2D eigenvalue weighted by Gasteiger charge is -2.28. The number of aromatic nitrogens is 2. The van der Waals surface area contributed by atoms with Gasteiger partial charge in [0.25, 0.3) is 0 Å². The first-order chi connectivity index (χ1) is 12.9. The van der Waals surface area contributed by atoms with Crippen LogP contribution >= 0.6 is 0 Å². The molecule has 7 heteroatoms. The fourth-order valence-electron chi connectivity index (χ4n) is 3.39. The van der Waals surface area contributed by atoms with Gasteiger partial charge in [-0.25, -0.2) is 8.42 Å². The molecule has 140 valence electrons. The van der Waals surface area contributed by atoms with E-state index in [0.29, 0.717) is 18.1 Å². The summed E-state index contributed by atoms with van der Waals surface area (Å²) in [6.07, 6.45) is 2.98. The van der Waals surface area contributed by atoms with Crippen LogP contribution in [0.1, 0.15) is 5.56 Å². The Morgan fingerprint density at radius 1 is 1.07 bits per heavy atom. The first-order valence-corrected chi connectivity index (χ1v) is 10.7. The van der Waals surface area contributed by atoms with Gasteiger partial charge in [-0.2, -0.15) is 5.10 Å². The van der Waals surface area contributed by atoms with Gasteiger partial charge >= 0.3 is 0 Å². The zero-order valence-electron chi connectivity index (χ0n) is 15.3. The minimum absolute atomic E-state index is 0.324. The van der Waals surface area contributed by atoms with Crippen molar-refractivity contribution in [3.63, 3.8) is 0 Å². The van der Waals surface area contributed by atoms with Crippen molar-refractivity contribution >= 4 is 26.4 Å². The summed E-state index contributed by atoms with van der Waals surface area (Å²) < 4.78 is 29.3. The van der Waals surface area contributed by atoms with Gasteiger partial charge in [0, 0.05) is 30.1 Å². The van der Waals surface area contributed by atoms with Crippen LogP contribution in [0.3, 0.4) is 0 Å². The molecule has 2 aromatic carbocycles. The summed E-state index contributed by atoms with van der Waals surface area (Å²) in [7, 11) is -3.25. The van der Waals surface area contributed by atoms with Gasteiger partial charge < -0.3 is 9.64 Å². The number of nitrogens with zero attached hydrogens (tertiary/aromatic N) is 3. The fraction of sp³-hybridized carbons (Fsp3) is 0.300. The molecule has 0 amide bonds. The molecule has 6 nitrogen and oxygen atoms in total. The predicted octanol–water partition coefficient (Wildman–Crippen LogP) is 2.85. The van der Waals surface area contributed by atoms with Crippen LogP contribution in [0.5, 0.6) is 0 Å². The van der Waals surface area contributed by atoms with Crippen LogP contribution < -0.4 is 4.90 Å². The van der Waals surface area contributed by atoms with Gasteiger partial charge in [-0.1, -0.05) is 12.1 Å². The average molecular weight is 383 g/mol. The van der Waals surface area contributed by atoms with Gasteiger partial charge in [0.05, 0.1) is 24.3 Å². The van der Waals surface area contributed by atoms with Crippen LogP contribution in [0.15, 0.2) is 47.5 Å². The summed E-state index contributed by atoms with van der Waals surface area (Å²) >= 11 is 0. The summed E-state index contributed by atoms with van der Waals surface area (Å²) in [5.41, 5.74) is 2.90. The van der Waals surface area contributed by atoms with Crippen molar-refractivity contribution in [2.45, 2.75) is 11.8 Å². The minimum atomic E-state index is -3.25. The highest BCUT2D eigenvalue weighted by Gasteiger charge is 2.17. The largest absolute Gasteiger partial charge is 0.378 e. The van der Waals surface area contributed by atoms with Crippen molar-refractivity contribution in [2.75, 3.05) is 37.5 Å². The number of rotatable bonds is 3. The lowest BCUT2D eigenvalue weighted by molar-refractivity contribution is 0.122. The maximum absolute atomic E-state index is 11.9. The number of anilines is 1. The molecule has 2 heterocycles. The lowest BCUT2D eigenvalue weighted by Crippen LogP contribution is -2.37. The molecular weight excluding hydrogens is 362 g/mol. The molecule has 27 heavy (non-hydrogen) atoms. The number of morpholine rings is 1. The van der Waals surface area contributed by atoms with E-state index < -0.39 is 9.84 Å². The maximum Gasteiger partial charge on any atom is 0.175 e. The van der Waals surface area contributed by atoms with Gasteiger partial charge in [-0.3, -0.25) is 0 Å². The van der Waals surface area contributed by atoms with E-state index in [9.17, 15) is 8.42 Å². The highest BCUT2D eigenvalue weighted by atomic mass is 32.2. The molecule has 1 fully saturated rings. The normalized spacial score (nSPS) is 15.3. The van der Waals surface area contributed by atoms with Crippen molar-refractivity contribution in [3.05, 3.63) is 48.2 Å². The third-order valence-corrected chi connectivity index (χ3v) is 6.01. The highest BCUT2D eigenvalue weighted by molar-refractivity contribution is 7.90. The Morgan fingerprint density at radius 3 is 2.59 bits per heavy atom. The van der Waals surface area contributed by atoms with E-state index >= 15 is 0 Å². The van der Waals surface area contributed by atoms with Crippen molar-refractivity contribution in [2.24, 2.45) is 0 Å². The van der Waals surface area contributed by atoms with Crippen molar-refractivity contribution < 1.29 is 13.2 Å². The summed E-state index contributed by atoms with van der Waals surface area (Å²) in [6.45, 7) is 4.95. The Labute approximate surface area is 158 Å². The van der Waals surface area contributed by atoms with Gasteiger partial charge in [-0.15, -0.1) is 5.10 Å². The van der Waals surface area contributed by atoms with Gasteiger partial charge in [0.15, 0.2) is 15.7 Å². The van der Waals surface area contributed by atoms with E-state index in [1.54, 1.807) is 18.3 Å². The maximum atomic E-state index is 11.9. The first-order valence-electron chi connectivity index (χ1n) is 8.83. The molecule has 0 aliphatic carbocycles. The number of sulfone groups is 1. The van der Waals surface area contributed by atoms with E-state index in [2.05, 4.69) is 15.1 Å². The predicted molar refractivity (Wildman–Crippen MR) is 106 cm³/mol. The molecule has 0 saturated carbocycles. The Morgan fingerprint density at radius 2 is 1.85 bits per heavy atom. The monoisotopic (exact) mass is 383 g/mol. The number of hydrogen-bond acceptors (Lipinski definition) is 6. The molecule has 1 aromatic heterocycles. The van der Waals surface area contributed by atoms with Gasteiger partial charge in [0.2, 0.25) is 0 Å². The highest BCUT2D eigenvalue weighted by Crippen LogP contribution is 2.31. The van der Waals surface area contributed by atoms with E-state index in [1.165, 1.54) is 6.26 Å². The quantitative estimate of drug-likeness (QED) is 0.693. The molecule has 0 radical (unpaired) electrons. The number of ether oxygens (including phenoxy) is 1. The molecule has 1 aliphatic rings. The molecule has 0 bridgehead atoms. The fourth-order valence-corrected chi connectivity index (χ4v) is 4.04. The van der Waals surface area contributed by atoms with E-state index in [-0.39, 0.29) is 0 Å². The van der Waals surface area contributed by atoms with Crippen LogP contribution in [-0.2, 0) is 14.6 Å². The Hall–Kier alpha value is -2.51. The molecule has 1 aliphatic heterocycles. The van der Waals surface area contributed by atoms with Crippen LogP contribution in [0, 0.1) is 6.92 Å². The van der Waals surface area contributed by atoms with E-state index in [0.717, 1.165) is 46.4 Å². The Kier molecular flexibility index (Phi) is 4.57. The van der Waals surface area contributed by atoms with Crippen LogP contribution in [0.4, 0.5) is 5.82 Å². The van der Waals surface area contributed by atoms with Crippen LogP contribution in [0.25, 0.3) is 21.9 Å². The Bertz CT molecular complexity index is 1110. The zero-order chi connectivity index (χ0) is 19.0. The molecule has 4 rings (SSSR count). The second-order valence-electron chi connectivity index (χ2n) is 6.82. The average Bonchev–Trinajstić information content (AvgIpc) is 2.67.